The van der Waals surface area contributed by atoms with Gasteiger partial charge in [0.1, 0.15) is 0 Å². The summed E-state index contributed by atoms with van der Waals surface area (Å²) in [4.78, 5) is 26.4. The summed E-state index contributed by atoms with van der Waals surface area (Å²) in [6.45, 7) is 1.48. The van der Waals surface area contributed by atoms with Crippen LogP contribution < -0.4 is 10.2 Å². The van der Waals surface area contributed by atoms with Gasteiger partial charge >= 0.3 is 0 Å². The predicted molar refractivity (Wildman–Crippen MR) is 97.0 cm³/mol. The summed E-state index contributed by atoms with van der Waals surface area (Å²) in [7, 11) is 3.93. The molecule has 0 aliphatic rings. The molecule has 0 unspecified atom stereocenters. The maximum Gasteiger partial charge on any atom is 0.257 e. The summed E-state index contributed by atoms with van der Waals surface area (Å²) in [5, 5.41) is 3.65. The van der Waals surface area contributed by atoms with E-state index in [4.69, 9.17) is 0 Å². The minimum absolute atomic E-state index is 0.124. The van der Waals surface area contributed by atoms with E-state index < -0.39 is 0 Å². The second kappa shape index (κ2) is 6.20. The van der Waals surface area contributed by atoms with Gasteiger partial charge in [-0.3, -0.25) is 14.2 Å². The van der Waals surface area contributed by atoms with Crippen LogP contribution in [0.25, 0.3) is 10.9 Å². The molecule has 3 rings (SSSR count). The highest BCUT2D eigenvalue weighted by molar-refractivity contribution is 6.14. The van der Waals surface area contributed by atoms with E-state index in [-0.39, 0.29) is 11.8 Å². The fourth-order valence-electron chi connectivity index (χ4n) is 2.66. The van der Waals surface area contributed by atoms with Crippen molar-refractivity contribution in [3.8, 4) is 0 Å². The van der Waals surface area contributed by atoms with Crippen LogP contribution in [0, 0.1) is 0 Å². The Morgan fingerprint density at radius 3 is 2.29 bits per heavy atom. The Balaban J connectivity index is 1.93. The molecule has 0 aliphatic heterocycles. The minimum atomic E-state index is -0.233. The molecule has 3 aromatic rings. The summed E-state index contributed by atoms with van der Waals surface area (Å²) in [6.07, 6.45) is 1.59. The summed E-state index contributed by atoms with van der Waals surface area (Å²) in [6, 6.07) is 15.0. The summed E-state index contributed by atoms with van der Waals surface area (Å²) in [5.41, 5.74) is 2.99. The predicted octanol–water partition coefficient (Wildman–Crippen LogP) is 3.62. The van der Waals surface area contributed by atoms with Gasteiger partial charge in [-0.05, 0) is 30.3 Å². The molecule has 0 saturated heterocycles. The van der Waals surface area contributed by atoms with Crippen LogP contribution in [0.5, 0.6) is 0 Å². The average molecular weight is 321 g/mol. The molecule has 1 heterocycles. The van der Waals surface area contributed by atoms with Crippen molar-refractivity contribution < 1.29 is 9.59 Å². The van der Waals surface area contributed by atoms with E-state index in [1.807, 2.05) is 67.5 Å². The smallest absolute Gasteiger partial charge is 0.257 e. The van der Waals surface area contributed by atoms with Gasteiger partial charge in [0.05, 0.1) is 11.1 Å². The lowest BCUT2D eigenvalue weighted by molar-refractivity contribution is 0.0941. The maximum absolute atomic E-state index is 12.6. The van der Waals surface area contributed by atoms with Crippen molar-refractivity contribution in [3.63, 3.8) is 0 Å². The number of carbonyl (C=O) groups excluding carboxylic acids is 2. The summed E-state index contributed by atoms with van der Waals surface area (Å²) < 4.78 is 1.50. The SMILES string of the molecule is CC(=O)n1cc(C(=O)Nc2ccc(N(C)C)cc2)c2ccccc21. The van der Waals surface area contributed by atoms with E-state index in [1.54, 1.807) is 6.20 Å². The van der Waals surface area contributed by atoms with Crippen molar-refractivity contribution >= 4 is 34.1 Å². The monoisotopic (exact) mass is 321 g/mol. The fourth-order valence-corrected chi connectivity index (χ4v) is 2.66. The van der Waals surface area contributed by atoms with Gasteiger partial charge in [-0.1, -0.05) is 18.2 Å². The zero-order chi connectivity index (χ0) is 17.3. The van der Waals surface area contributed by atoms with Crippen molar-refractivity contribution in [1.82, 2.24) is 4.57 Å². The van der Waals surface area contributed by atoms with Gasteiger partial charge < -0.3 is 10.2 Å². The number of rotatable bonds is 3. The first-order valence-corrected chi connectivity index (χ1v) is 7.67. The van der Waals surface area contributed by atoms with Gasteiger partial charge in [0.2, 0.25) is 5.91 Å². The van der Waals surface area contributed by atoms with E-state index in [0.29, 0.717) is 11.3 Å². The number of aromatic nitrogens is 1. The number of anilines is 2. The second-order valence-electron chi connectivity index (χ2n) is 5.84. The molecule has 0 atom stereocenters. The van der Waals surface area contributed by atoms with Gasteiger partial charge in [-0.25, -0.2) is 0 Å². The molecule has 1 N–H and O–H groups in total. The number of amides is 1. The van der Waals surface area contributed by atoms with E-state index in [0.717, 1.165) is 16.6 Å². The van der Waals surface area contributed by atoms with Crippen molar-refractivity contribution in [3.05, 3.63) is 60.3 Å². The van der Waals surface area contributed by atoms with Gasteiger partial charge in [0.25, 0.3) is 5.91 Å². The lowest BCUT2D eigenvalue weighted by Crippen LogP contribution is -2.12. The maximum atomic E-state index is 12.6. The van der Waals surface area contributed by atoms with Crippen LogP contribution in [0.2, 0.25) is 0 Å². The van der Waals surface area contributed by atoms with Crippen LogP contribution in [-0.2, 0) is 0 Å². The van der Waals surface area contributed by atoms with Crippen LogP contribution in [0.4, 0.5) is 11.4 Å². The zero-order valence-corrected chi connectivity index (χ0v) is 13.9. The highest BCUT2D eigenvalue weighted by atomic mass is 16.2. The number of hydrogen-bond acceptors (Lipinski definition) is 3. The molecular formula is C19H19N3O2. The van der Waals surface area contributed by atoms with Crippen molar-refractivity contribution in [1.29, 1.82) is 0 Å². The largest absolute Gasteiger partial charge is 0.378 e. The third-order valence-corrected chi connectivity index (χ3v) is 3.94. The number of fused-ring (bicyclic) bond motifs is 1. The fraction of sp³-hybridized carbons (Fsp3) is 0.158. The Kier molecular flexibility index (Phi) is 4.08. The number of para-hydroxylation sites is 1. The van der Waals surface area contributed by atoms with Crippen molar-refractivity contribution in [2.75, 3.05) is 24.3 Å². The quantitative estimate of drug-likeness (QED) is 0.801. The summed E-state index contributed by atoms with van der Waals surface area (Å²) in [5.74, 6) is -0.357. The molecule has 122 valence electrons. The molecule has 5 heteroatoms. The van der Waals surface area contributed by atoms with Crippen LogP contribution in [-0.4, -0.2) is 30.5 Å². The highest BCUT2D eigenvalue weighted by Gasteiger charge is 2.16. The number of hydrogen-bond donors (Lipinski definition) is 1. The number of carbonyl (C=O) groups is 2. The highest BCUT2D eigenvalue weighted by Crippen LogP contribution is 2.23. The molecule has 24 heavy (non-hydrogen) atoms. The zero-order valence-electron chi connectivity index (χ0n) is 13.9. The Morgan fingerprint density at radius 2 is 1.67 bits per heavy atom. The van der Waals surface area contributed by atoms with Crippen LogP contribution >= 0.6 is 0 Å². The number of nitrogens with one attached hydrogen (secondary N) is 1. The lowest BCUT2D eigenvalue weighted by Gasteiger charge is -2.13. The van der Waals surface area contributed by atoms with E-state index >= 15 is 0 Å². The van der Waals surface area contributed by atoms with Crippen LogP contribution in [0.3, 0.4) is 0 Å². The second-order valence-corrected chi connectivity index (χ2v) is 5.84. The Morgan fingerprint density at radius 1 is 1.00 bits per heavy atom. The molecule has 0 radical (unpaired) electrons. The first kappa shape index (κ1) is 15.8. The van der Waals surface area contributed by atoms with Gasteiger partial charge in [-0.15, -0.1) is 0 Å². The first-order valence-electron chi connectivity index (χ1n) is 7.67. The van der Waals surface area contributed by atoms with Crippen molar-refractivity contribution in [2.24, 2.45) is 0 Å². The van der Waals surface area contributed by atoms with Crippen molar-refractivity contribution in [2.45, 2.75) is 6.92 Å². The molecular weight excluding hydrogens is 302 g/mol. The third-order valence-electron chi connectivity index (χ3n) is 3.94. The Labute approximate surface area is 140 Å². The van der Waals surface area contributed by atoms with E-state index in [9.17, 15) is 9.59 Å². The average Bonchev–Trinajstić information content (AvgIpc) is 2.95. The van der Waals surface area contributed by atoms with Crippen LogP contribution in [0.15, 0.2) is 54.7 Å². The molecule has 0 saturated carbocycles. The topological polar surface area (TPSA) is 54.3 Å². The van der Waals surface area contributed by atoms with Gasteiger partial charge in [0, 0.05) is 44.0 Å². The molecule has 5 nitrogen and oxygen atoms in total. The van der Waals surface area contributed by atoms with Gasteiger partial charge in [0.15, 0.2) is 0 Å². The van der Waals surface area contributed by atoms with Crippen LogP contribution in [0.1, 0.15) is 22.1 Å². The molecule has 0 bridgehead atoms. The Hall–Kier alpha value is -3.08. The Bertz CT molecular complexity index is 908. The normalized spacial score (nSPS) is 10.6. The third kappa shape index (κ3) is 2.88. The summed E-state index contributed by atoms with van der Waals surface area (Å²) >= 11 is 0. The lowest BCUT2D eigenvalue weighted by atomic mass is 10.1. The van der Waals surface area contributed by atoms with E-state index in [2.05, 4.69) is 5.32 Å². The molecule has 0 fully saturated rings. The number of benzene rings is 2. The van der Waals surface area contributed by atoms with E-state index in [1.165, 1.54) is 11.5 Å². The molecule has 0 aliphatic carbocycles. The molecule has 1 amide bonds. The molecule has 2 aromatic carbocycles. The standard InChI is InChI=1S/C19H19N3O2/c1-13(23)22-12-17(16-6-4-5-7-18(16)22)19(24)20-14-8-10-15(11-9-14)21(2)3/h4-12H,1-3H3,(H,20,24). The number of nitrogens with zero attached hydrogens (tertiary/aromatic N) is 2. The first-order chi connectivity index (χ1) is 11.5. The molecule has 0 spiro atoms. The van der Waals surface area contributed by atoms with Gasteiger partial charge in [-0.2, -0.15) is 0 Å². The minimum Gasteiger partial charge on any atom is -0.378 e. The molecule has 1 aromatic heterocycles.